The summed E-state index contributed by atoms with van der Waals surface area (Å²) < 4.78 is 8.59. The number of esters is 1. The van der Waals surface area contributed by atoms with E-state index in [9.17, 15) is 9.59 Å². The smallest absolute Gasteiger partial charge is 0.338 e. The molecule has 0 aliphatic heterocycles. The quantitative estimate of drug-likeness (QED) is 0.516. The Hall–Kier alpha value is -3.15. The van der Waals surface area contributed by atoms with E-state index in [0.29, 0.717) is 17.8 Å². The van der Waals surface area contributed by atoms with Crippen LogP contribution in [0.2, 0.25) is 0 Å². The maximum absolute atomic E-state index is 12.0. The zero-order valence-electron chi connectivity index (χ0n) is 13.3. The van der Waals surface area contributed by atoms with Gasteiger partial charge in [-0.25, -0.2) is 4.79 Å². The Morgan fingerprint density at radius 1 is 1.08 bits per heavy atom. The van der Waals surface area contributed by atoms with Crippen molar-refractivity contribution < 1.29 is 14.3 Å². The van der Waals surface area contributed by atoms with E-state index in [1.165, 1.54) is 0 Å². The minimum Gasteiger partial charge on any atom is -0.454 e. The lowest BCUT2D eigenvalue weighted by atomic mass is 10.1. The molecule has 2 heterocycles. The van der Waals surface area contributed by atoms with Crippen LogP contribution < -0.4 is 0 Å². The van der Waals surface area contributed by atoms with Crippen molar-refractivity contribution in [1.29, 1.82) is 0 Å². The van der Waals surface area contributed by atoms with Crippen LogP contribution in [-0.2, 0) is 18.3 Å². The van der Waals surface area contributed by atoms with Crippen LogP contribution in [0.3, 0.4) is 0 Å². The molecule has 0 saturated carbocycles. The monoisotopic (exact) mass is 323 g/mol. The highest BCUT2D eigenvalue weighted by atomic mass is 16.5. The predicted molar refractivity (Wildman–Crippen MR) is 87.8 cm³/mol. The Bertz CT molecular complexity index is 833. The fourth-order valence-electron chi connectivity index (χ4n) is 2.37. The summed E-state index contributed by atoms with van der Waals surface area (Å²) in [6.45, 7) is 0.361. The normalized spacial score (nSPS) is 10.5. The van der Waals surface area contributed by atoms with Gasteiger partial charge in [0.1, 0.15) is 0 Å². The van der Waals surface area contributed by atoms with Gasteiger partial charge in [-0.1, -0.05) is 12.1 Å². The van der Waals surface area contributed by atoms with E-state index >= 15 is 0 Å². The van der Waals surface area contributed by atoms with Crippen molar-refractivity contribution in [1.82, 2.24) is 14.3 Å². The van der Waals surface area contributed by atoms with Gasteiger partial charge in [0, 0.05) is 25.6 Å². The molecule has 0 aliphatic rings. The number of aromatic nitrogens is 3. The zero-order chi connectivity index (χ0) is 16.9. The summed E-state index contributed by atoms with van der Waals surface area (Å²) in [6, 6.07) is 12.4. The number of carbonyl (C=O) groups is 2. The molecular formula is C18H17N3O3. The van der Waals surface area contributed by atoms with Gasteiger partial charge in [0.25, 0.3) is 0 Å². The van der Waals surface area contributed by atoms with Crippen LogP contribution in [0.25, 0.3) is 0 Å². The number of Topliss-reactive ketones (excluding diaryl/α,β-unsaturated/α-hetero) is 1. The van der Waals surface area contributed by atoms with E-state index in [1.807, 2.05) is 24.4 Å². The second-order valence-corrected chi connectivity index (χ2v) is 5.40. The number of aryl methyl sites for hydroxylation is 1. The van der Waals surface area contributed by atoms with Crippen LogP contribution in [0.1, 0.15) is 26.4 Å². The number of carbonyl (C=O) groups excluding carboxylic acids is 2. The molecule has 3 rings (SSSR count). The van der Waals surface area contributed by atoms with Gasteiger partial charge in [0.2, 0.25) is 5.78 Å². The molecule has 0 unspecified atom stereocenters. The van der Waals surface area contributed by atoms with Crippen LogP contribution in [-0.4, -0.2) is 32.7 Å². The van der Waals surface area contributed by atoms with Crippen LogP contribution >= 0.6 is 0 Å². The average Bonchev–Trinajstić information content (AvgIpc) is 3.24. The van der Waals surface area contributed by atoms with Gasteiger partial charge in [-0.3, -0.25) is 9.48 Å². The highest BCUT2D eigenvalue weighted by molar-refractivity contribution is 5.98. The first-order chi connectivity index (χ1) is 11.6. The number of rotatable bonds is 6. The highest BCUT2D eigenvalue weighted by Crippen LogP contribution is 2.08. The Balaban J connectivity index is 1.57. The maximum atomic E-state index is 12.0. The third-order valence-corrected chi connectivity index (χ3v) is 3.66. The number of hydrogen-bond acceptors (Lipinski definition) is 4. The van der Waals surface area contributed by atoms with E-state index in [2.05, 4.69) is 5.10 Å². The molecule has 0 spiro atoms. The van der Waals surface area contributed by atoms with E-state index in [-0.39, 0.29) is 12.4 Å². The van der Waals surface area contributed by atoms with Crippen molar-refractivity contribution in [2.75, 3.05) is 6.61 Å². The molecule has 0 saturated heterocycles. The van der Waals surface area contributed by atoms with Gasteiger partial charge < -0.3 is 9.30 Å². The van der Waals surface area contributed by atoms with E-state index in [1.54, 1.807) is 53.0 Å². The fourth-order valence-corrected chi connectivity index (χ4v) is 2.37. The minimum absolute atomic E-state index is 0.230. The van der Waals surface area contributed by atoms with Crippen molar-refractivity contribution >= 4 is 11.8 Å². The molecule has 0 radical (unpaired) electrons. The summed E-state index contributed by atoms with van der Waals surface area (Å²) in [5.74, 6) is -0.741. The lowest BCUT2D eigenvalue weighted by Crippen LogP contribution is -2.16. The molecule has 122 valence electrons. The second-order valence-electron chi connectivity index (χ2n) is 5.40. The van der Waals surface area contributed by atoms with Crippen LogP contribution in [0.5, 0.6) is 0 Å². The number of nitrogens with zero attached hydrogens (tertiary/aromatic N) is 3. The van der Waals surface area contributed by atoms with Gasteiger partial charge in [0.15, 0.2) is 6.61 Å². The van der Waals surface area contributed by atoms with E-state index in [4.69, 9.17) is 4.74 Å². The van der Waals surface area contributed by atoms with E-state index < -0.39 is 5.97 Å². The molecule has 0 aliphatic carbocycles. The Labute approximate surface area is 139 Å². The van der Waals surface area contributed by atoms with Gasteiger partial charge in [0.05, 0.1) is 17.8 Å². The standard InChI is InChI=1S/C18H17N3O3/c1-20-10-2-4-16(20)17(22)13-24-18(23)15-7-5-14(6-8-15)12-21-11-3-9-19-21/h2-11H,12-13H2,1H3. The van der Waals surface area contributed by atoms with Crippen molar-refractivity contribution in [2.24, 2.45) is 7.05 Å². The van der Waals surface area contributed by atoms with Crippen molar-refractivity contribution in [2.45, 2.75) is 6.54 Å². The number of hydrogen-bond donors (Lipinski definition) is 0. The summed E-state index contributed by atoms with van der Waals surface area (Å²) >= 11 is 0. The van der Waals surface area contributed by atoms with Crippen molar-refractivity contribution in [3.63, 3.8) is 0 Å². The molecule has 0 amide bonds. The first kappa shape index (κ1) is 15.7. The molecule has 24 heavy (non-hydrogen) atoms. The third-order valence-electron chi connectivity index (χ3n) is 3.66. The number of benzene rings is 1. The first-order valence-corrected chi connectivity index (χ1v) is 7.51. The summed E-state index contributed by atoms with van der Waals surface area (Å²) in [7, 11) is 1.77. The number of ether oxygens (including phenoxy) is 1. The second kappa shape index (κ2) is 6.95. The molecule has 6 nitrogen and oxygen atoms in total. The molecule has 6 heteroatoms. The molecule has 3 aromatic rings. The minimum atomic E-state index is -0.511. The third kappa shape index (κ3) is 3.60. The molecule has 0 bridgehead atoms. The summed E-state index contributed by atoms with van der Waals surface area (Å²) in [6.07, 6.45) is 5.36. The first-order valence-electron chi connectivity index (χ1n) is 7.51. The molecule has 0 N–H and O–H groups in total. The zero-order valence-corrected chi connectivity index (χ0v) is 13.3. The molecule has 2 aromatic heterocycles. The molecule has 1 aromatic carbocycles. The Morgan fingerprint density at radius 2 is 1.88 bits per heavy atom. The fraction of sp³-hybridized carbons (Fsp3) is 0.167. The summed E-state index contributed by atoms with van der Waals surface area (Å²) in [4.78, 5) is 24.0. The molecule has 0 atom stereocenters. The van der Waals surface area contributed by atoms with Gasteiger partial charge in [-0.15, -0.1) is 0 Å². The maximum Gasteiger partial charge on any atom is 0.338 e. The summed E-state index contributed by atoms with van der Waals surface area (Å²) in [5, 5.41) is 4.13. The van der Waals surface area contributed by atoms with Crippen LogP contribution in [0.4, 0.5) is 0 Å². The van der Waals surface area contributed by atoms with Crippen molar-refractivity contribution in [3.8, 4) is 0 Å². The Kier molecular flexibility index (Phi) is 4.56. The topological polar surface area (TPSA) is 66.1 Å². The van der Waals surface area contributed by atoms with Crippen molar-refractivity contribution in [3.05, 3.63) is 77.9 Å². The van der Waals surface area contributed by atoms with Gasteiger partial charge in [-0.2, -0.15) is 5.10 Å². The largest absolute Gasteiger partial charge is 0.454 e. The average molecular weight is 323 g/mol. The SMILES string of the molecule is Cn1cccc1C(=O)COC(=O)c1ccc(Cn2cccn2)cc1. The lowest BCUT2D eigenvalue weighted by Gasteiger charge is -2.06. The van der Waals surface area contributed by atoms with E-state index in [0.717, 1.165) is 5.56 Å². The lowest BCUT2D eigenvalue weighted by molar-refractivity contribution is 0.0472. The number of ketones is 1. The van der Waals surface area contributed by atoms with Crippen LogP contribution in [0.15, 0.2) is 61.1 Å². The highest BCUT2D eigenvalue weighted by Gasteiger charge is 2.13. The van der Waals surface area contributed by atoms with Gasteiger partial charge in [-0.05, 0) is 35.9 Å². The van der Waals surface area contributed by atoms with Crippen LogP contribution in [0, 0.1) is 0 Å². The molecular weight excluding hydrogens is 306 g/mol. The van der Waals surface area contributed by atoms with Gasteiger partial charge >= 0.3 is 5.97 Å². The molecule has 0 fully saturated rings. The predicted octanol–water partition coefficient (Wildman–Crippen LogP) is 2.31. The summed E-state index contributed by atoms with van der Waals surface area (Å²) in [5.41, 5.74) is 1.95. The Morgan fingerprint density at radius 3 is 2.50 bits per heavy atom.